The lowest BCUT2D eigenvalue weighted by molar-refractivity contribution is 0.224. The smallest absolute Gasteiger partial charge is 0.227 e. The van der Waals surface area contributed by atoms with Gasteiger partial charge in [-0.15, -0.1) is 0 Å². The first-order valence-corrected chi connectivity index (χ1v) is 16.3. The summed E-state index contributed by atoms with van der Waals surface area (Å²) in [6, 6.07) is 17.3. The number of benzene rings is 3. The number of hydrogen-bond acceptors (Lipinski definition) is 7. The molecule has 2 bridgehead atoms. The number of hydrogen-bond donors (Lipinski definition) is 2. The van der Waals surface area contributed by atoms with Crippen LogP contribution in [-0.2, 0) is 6.42 Å². The number of pyridine rings is 2. The normalized spacial score (nSPS) is 22.5. The number of nitrogens with zero attached hydrogens (tertiary/aromatic N) is 4. The van der Waals surface area contributed by atoms with Gasteiger partial charge in [-0.25, -0.2) is 9.37 Å². The predicted molar refractivity (Wildman–Crippen MR) is 177 cm³/mol. The van der Waals surface area contributed by atoms with Crippen molar-refractivity contribution < 1.29 is 14.2 Å². The van der Waals surface area contributed by atoms with Crippen LogP contribution in [0.5, 0.6) is 11.6 Å². The van der Waals surface area contributed by atoms with Crippen molar-refractivity contribution in [2.45, 2.75) is 56.7 Å². The minimum Gasteiger partial charge on any atom is -0.508 e. The summed E-state index contributed by atoms with van der Waals surface area (Å²) in [5.74, 6) is 0.0363. The molecule has 4 aliphatic rings. The largest absolute Gasteiger partial charge is 0.508 e. The quantitative estimate of drug-likeness (QED) is 0.204. The molecule has 5 aromatic rings. The molecule has 5 heterocycles. The number of halogens is 1. The number of nitrogens with one attached hydrogen (secondary N) is 1. The maximum atomic E-state index is 17.3. The number of aromatic hydroxyl groups is 1. The summed E-state index contributed by atoms with van der Waals surface area (Å²) < 4.78 is 25.8. The first kappa shape index (κ1) is 28.9. The van der Waals surface area contributed by atoms with Crippen molar-refractivity contribution in [3.63, 3.8) is 0 Å². The third kappa shape index (κ3) is 4.62. The Balaban J connectivity index is 1.39. The van der Waals surface area contributed by atoms with Crippen LogP contribution < -0.4 is 15.5 Å². The van der Waals surface area contributed by atoms with Crippen molar-refractivity contribution in [1.29, 1.82) is 5.26 Å². The number of phenolic OH excluding ortho intramolecular Hbond substituents is 1. The molecule has 234 valence electrons. The van der Waals surface area contributed by atoms with Crippen LogP contribution in [0.25, 0.3) is 43.7 Å². The van der Waals surface area contributed by atoms with E-state index in [1.54, 1.807) is 18.2 Å². The van der Waals surface area contributed by atoms with Gasteiger partial charge >= 0.3 is 0 Å². The van der Waals surface area contributed by atoms with E-state index in [0.29, 0.717) is 58.0 Å². The second-order valence-corrected chi connectivity index (χ2v) is 13.1. The Bertz CT molecular complexity index is 2110. The fourth-order valence-electron chi connectivity index (χ4n) is 8.21. The van der Waals surface area contributed by atoms with Gasteiger partial charge in [0.2, 0.25) is 5.88 Å². The molecule has 1 aliphatic carbocycles. The number of rotatable bonds is 8. The van der Waals surface area contributed by atoms with E-state index in [2.05, 4.69) is 27.9 Å². The van der Waals surface area contributed by atoms with Gasteiger partial charge in [0.1, 0.15) is 16.7 Å². The fourth-order valence-corrected chi connectivity index (χ4v) is 8.21. The lowest BCUT2D eigenvalue weighted by atomic mass is 9.79. The van der Waals surface area contributed by atoms with E-state index < -0.39 is 5.82 Å². The molecule has 46 heavy (non-hydrogen) atoms. The molecule has 9 rings (SSSR count). The van der Waals surface area contributed by atoms with Crippen LogP contribution in [0.4, 0.5) is 4.39 Å². The molecule has 1 saturated carbocycles. The van der Waals surface area contributed by atoms with Crippen molar-refractivity contribution in [2.75, 3.05) is 26.7 Å². The molecule has 3 saturated heterocycles. The van der Waals surface area contributed by atoms with Crippen LogP contribution in [0.15, 0.2) is 59.5 Å². The zero-order valence-electron chi connectivity index (χ0n) is 25.8. The highest BCUT2D eigenvalue weighted by atomic mass is 19.1. The van der Waals surface area contributed by atoms with E-state index in [0.717, 1.165) is 49.5 Å². The molecule has 3 aromatic carbocycles. The van der Waals surface area contributed by atoms with Crippen LogP contribution >= 0.6 is 0 Å². The Morgan fingerprint density at radius 1 is 1.20 bits per heavy atom. The Morgan fingerprint density at radius 3 is 2.83 bits per heavy atom. The number of ether oxygens (including phenoxy) is 1. The highest BCUT2D eigenvalue weighted by Gasteiger charge is 2.48. The van der Waals surface area contributed by atoms with Crippen molar-refractivity contribution in [2.24, 2.45) is 5.92 Å². The van der Waals surface area contributed by atoms with Gasteiger partial charge < -0.3 is 24.6 Å². The summed E-state index contributed by atoms with van der Waals surface area (Å²) in [6.45, 7) is 2.32. The number of aryl methyl sites for hydroxylation is 1. The van der Waals surface area contributed by atoms with Crippen LogP contribution in [0, 0.1) is 23.1 Å². The third-order valence-electron chi connectivity index (χ3n) is 10.5. The average Bonchev–Trinajstić information content (AvgIpc) is 3.80. The molecule has 4 atom stereocenters. The molecule has 1 unspecified atom stereocenters. The van der Waals surface area contributed by atoms with E-state index >= 15 is 4.39 Å². The Labute approximate surface area is 266 Å². The molecule has 0 amide bonds. The first-order valence-electron chi connectivity index (χ1n) is 16.3. The number of nitriles is 1. The van der Waals surface area contributed by atoms with Gasteiger partial charge in [0.15, 0.2) is 11.2 Å². The number of likely N-dealkylation sites (tertiary alicyclic amines) is 1. The van der Waals surface area contributed by atoms with E-state index in [9.17, 15) is 15.2 Å². The van der Waals surface area contributed by atoms with Crippen molar-refractivity contribution >= 4 is 32.6 Å². The van der Waals surface area contributed by atoms with Gasteiger partial charge in [0, 0.05) is 48.3 Å². The molecule has 3 aliphatic heterocycles. The second kappa shape index (κ2) is 11.4. The Morgan fingerprint density at radius 2 is 2.07 bits per heavy atom. The highest BCUT2D eigenvalue weighted by Crippen LogP contribution is 2.47. The summed E-state index contributed by atoms with van der Waals surface area (Å²) in [5, 5.41) is 26.3. The summed E-state index contributed by atoms with van der Waals surface area (Å²) in [4.78, 5) is 20.8. The van der Waals surface area contributed by atoms with Crippen molar-refractivity contribution in [1.82, 2.24) is 19.8 Å². The van der Waals surface area contributed by atoms with Crippen molar-refractivity contribution in [3.05, 3.63) is 76.3 Å². The lowest BCUT2D eigenvalue weighted by Gasteiger charge is -2.37. The summed E-state index contributed by atoms with van der Waals surface area (Å²) in [6.07, 6.45) is 6.40. The first-order chi connectivity index (χ1) is 22.4. The van der Waals surface area contributed by atoms with Crippen LogP contribution in [0.1, 0.15) is 43.7 Å². The van der Waals surface area contributed by atoms with Gasteiger partial charge in [0.25, 0.3) is 0 Å². The standard InChI is InChI=1S/C37H36FN5O3/c1-42-13-5-8-24(42)11-15-46-37-32-30(45)10-14-43(35-23-18-29(35)40-20-23)36(32)28-17-22(7-4-12-39)31(33(38)34(28)41-37)27-19-25(44)16-21-6-2-3-9-26(21)27/h2-3,6,9-10,14,16-17,19,23-24,29,35,40,44H,4-5,7-8,11,13,15,18,20H2,1H3/t23-,24+,29-,35?/m1/s1. The Hall–Kier alpha value is -4.52. The number of phenols is 1. The van der Waals surface area contributed by atoms with E-state index in [4.69, 9.17) is 9.72 Å². The third-order valence-corrected chi connectivity index (χ3v) is 10.5. The minimum atomic E-state index is -0.555. The van der Waals surface area contributed by atoms with Gasteiger partial charge in [0.05, 0.1) is 24.2 Å². The van der Waals surface area contributed by atoms with Crippen molar-refractivity contribution in [3.8, 4) is 28.8 Å². The molecule has 2 aromatic heterocycles. The number of fused-ring (bicyclic) bond motifs is 5. The molecule has 2 N–H and O–H groups in total. The molecular formula is C37H36FN5O3. The van der Waals surface area contributed by atoms with Gasteiger partial charge in [-0.2, -0.15) is 5.26 Å². The van der Waals surface area contributed by atoms with Crippen LogP contribution in [0.3, 0.4) is 0 Å². The topological polar surface area (TPSA) is 103 Å². The fraction of sp³-hybridized carbons (Fsp3) is 0.378. The van der Waals surface area contributed by atoms with Crippen LogP contribution in [0.2, 0.25) is 0 Å². The number of aromatic nitrogens is 2. The SMILES string of the molecule is CN1CCC[C@H]1CCOc1nc2c(F)c(-c3cc(O)cc4ccccc34)c(CCC#N)cc2c2c1c(=O)ccn2C1[C@H]2CN[C@@H]1C2. The zero-order valence-corrected chi connectivity index (χ0v) is 25.8. The van der Waals surface area contributed by atoms with Gasteiger partial charge in [-0.05, 0) is 91.7 Å². The zero-order chi connectivity index (χ0) is 31.5. The predicted octanol–water partition coefficient (Wildman–Crippen LogP) is 6.07. The Kier molecular flexibility index (Phi) is 7.15. The second-order valence-electron chi connectivity index (χ2n) is 13.1. The molecule has 8 nitrogen and oxygen atoms in total. The lowest BCUT2D eigenvalue weighted by Crippen LogP contribution is -2.39. The maximum Gasteiger partial charge on any atom is 0.227 e. The molecule has 0 spiro atoms. The summed E-state index contributed by atoms with van der Waals surface area (Å²) in [5.41, 5.74) is 1.98. The summed E-state index contributed by atoms with van der Waals surface area (Å²) >= 11 is 0. The minimum absolute atomic E-state index is 0.0219. The van der Waals surface area contributed by atoms with E-state index in [-0.39, 0.29) is 41.1 Å². The summed E-state index contributed by atoms with van der Waals surface area (Å²) in [7, 11) is 2.12. The van der Waals surface area contributed by atoms with E-state index in [1.807, 2.05) is 36.5 Å². The van der Waals surface area contributed by atoms with Gasteiger partial charge in [-0.3, -0.25) is 4.79 Å². The van der Waals surface area contributed by atoms with Crippen LogP contribution in [-0.4, -0.2) is 58.4 Å². The monoisotopic (exact) mass is 617 g/mol. The highest BCUT2D eigenvalue weighted by molar-refractivity contribution is 6.09. The molecule has 0 radical (unpaired) electrons. The average molecular weight is 618 g/mol. The maximum absolute atomic E-state index is 17.3. The molecular weight excluding hydrogens is 581 g/mol. The molecule has 4 fully saturated rings. The van der Waals surface area contributed by atoms with Gasteiger partial charge in [-0.1, -0.05) is 24.3 Å². The molecule has 9 heteroatoms. The van der Waals surface area contributed by atoms with E-state index in [1.165, 1.54) is 0 Å².